The highest BCUT2D eigenvalue weighted by Gasteiger charge is 2.36. The van der Waals surface area contributed by atoms with E-state index in [1.165, 1.54) is 19.1 Å². The summed E-state index contributed by atoms with van der Waals surface area (Å²) in [5.74, 6) is -0.244. The average molecular weight is 337 g/mol. The van der Waals surface area contributed by atoms with Crippen LogP contribution in [0.4, 0.5) is 18.9 Å². The molecule has 1 saturated heterocycles. The van der Waals surface area contributed by atoms with Crippen LogP contribution in [0, 0.1) is 12.3 Å². The Kier molecular flexibility index (Phi) is 5.87. The van der Waals surface area contributed by atoms with Gasteiger partial charge in [0.2, 0.25) is 5.91 Å². The Bertz CT molecular complexity index is 540. The first-order chi connectivity index (χ1) is 9.72. The Balaban J connectivity index is 0.00000242. The Hall–Kier alpha value is -1.27. The molecule has 1 aliphatic heterocycles. The zero-order valence-electron chi connectivity index (χ0n) is 12.5. The van der Waals surface area contributed by atoms with Crippen molar-refractivity contribution in [2.24, 2.45) is 5.41 Å². The van der Waals surface area contributed by atoms with Crippen LogP contribution in [0.3, 0.4) is 0 Å². The summed E-state index contributed by atoms with van der Waals surface area (Å²) >= 11 is 0. The summed E-state index contributed by atoms with van der Waals surface area (Å²) in [7, 11) is 0. The highest BCUT2D eigenvalue weighted by molar-refractivity contribution is 5.95. The van der Waals surface area contributed by atoms with Crippen LogP contribution < -0.4 is 10.6 Å². The van der Waals surface area contributed by atoms with Crippen molar-refractivity contribution < 1.29 is 18.0 Å². The van der Waals surface area contributed by atoms with Crippen molar-refractivity contribution in [3.63, 3.8) is 0 Å². The summed E-state index contributed by atoms with van der Waals surface area (Å²) < 4.78 is 38.6. The molecule has 1 amide bonds. The maximum atomic E-state index is 12.9. The number of hydrogen-bond donors (Lipinski definition) is 2. The van der Waals surface area contributed by atoms with Crippen LogP contribution in [0.5, 0.6) is 0 Å². The van der Waals surface area contributed by atoms with Crippen molar-refractivity contribution in [2.45, 2.75) is 32.9 Å². The van der Waals surface area contributed by atoms with Gasteiger partial charge >= 0.3 is 6.18 Å². The molecule has 0 aromatic heterocycles. The second-order valence-corrected chi connectivity index (χ2v) is 5.82. The summed E-state index contributed by atoms with van der Waals surface area (Å²) in [6.07, 6.45) is -2.81. The van der Waals surface area contributed by atoms with Gasteiger partial charge in [-0.25, -0.2) is 0 Å². The zero-order valence-corrected chi connectivity index (χ0v) is 13.3. The molecule has 1 aromatic carbocycles. The fourth-order valence-corrected chi connectivity index (χ4v) is 2.54. The number of halogens is 4. The third kappa shape index (κ3) is 4.14. The first-order valence-corrected chi connectivity index (χ1v) is 6.92. The van der Waals surface area contributed by atoms with Gasteiger partial charge in [0, 0.05) is 12.2 Å². The Labute approximate surface area is 134 Å². The topological polar surface area (TPSA) is 41.1 Å². The van der Waals surface area contributed by atoms with E-state index in [1.54, 1.807) is 0 Å². The number of piperidine rings is 1. The van der Waals surface area contributed by atoms with Gasteiger partial charge < -0.3 is 10.6 Å². The molecule has 0 spiro atoms. The second kappa shape index (κ2) is 6.87. The zero-order chi connectivity index (χ0) is 15.7. The first-order valence-electron chi connectivity index (χ1n) is 6.92. The molecule has 1 aliphatic rings. The molecule has 0 saturated carbocycles. The van der Waals surface area contributed by atoms with Crippen LogP contribution >= 0.6 is 12.4 Å². The van der Waals surface area contributed by atoms with Crippen molar-refractivity contribution in [1.82, 2.24) is 5.32 Å². The van der Waals surface area contributed by atoms with Gasteiger partial charge in [0.05, 0.1) is 11.0 Å². The molecule has 1 fully saturated rings. The number of aryl methyl sites for hydroxylation is 1. The lowest BCUT2D eigenvalue weighted by Crippen LogP contribution is -2.46. The van der Waals surface area contributed by atoms with E-state index in [2.05, 4.69) is 10.6 Å². The van der Waals surface area contributed by atoms with Gasteiger partial charge in [0.15, 0.2) is 0 Å². The molecule has 1 aromatic rings. The molecule has 1 atom stereocenters. The van der Waals surface area contributed by atoms with Crippen molar-refractivity contribution in [2.75, 3.05) is 18.4 Å². The van der Waals surface area contributed by atoms with Crippen LogP contribution in [0.25, 0.3) is 0 Å². The minimum Gasteiger partial charge on any atom is -0.326 e. The van der Waals surface area contributed by atoms with Gasteiger partial charge in [0.1, 0.15) is 0 Å². The molecule has 3 nitrogen and oxygen atoms in total. The summed E-state index contributed by atoms with van der Waals surface area (Å²) in [6.45, 7) is 4.64. The van der Waals surface area contributed by atoms with Gasteiger partial charge in [-0.15, -0.1) is 12.4 Å². The van der Waals surface area contributed by atoms with E-state index in [4.69, 9.17) is 0 Å². The van der Waals surface area contributed by atoms with Gasteiger partial charge in [0.25, 0.3) is 0 Å². The molecular weight excluding hydrogens is 317 g/mol. The third-order valence-corrected chi connectivity index (χ3v) is 3.95. The molecule has 0 radical (unpaired) electrons. The van der Waals surface area contributed by atoms with Gasteiger partial charge in [-0.05, 0) is 50.9 Å². The van der Waals surface area contributed by atoms with Crippen LogP contribution in [0.15, 0.2) is 18.2 Å². The maximum Gasteiger partial charge on any atom is 0.416 e. The molecule has 2 rings (SSSR count). The standard InChI is InChI=1S/C15H19F3N2O.ClH/c1-10-4-5-11(8-12(10)15(16,17)18)20-13(21)14(2)6-3-7-19-9-14;/h4-5,8,19H,3,6-7,9H2,1-2H3,(H,20,21);1H. The highest BCUT2D eigenvalue weighted by Crippen LogP contribution is 2.34. The van der Waals surface area contributed by atoms with E-state index < -0.39 is 17.2 Å². The molecule has 124 valence electrons. The smallest absolute Gasteiger partial charge is 0.326 e. The van der Waals surface area contributed by atoms with Gasteiger partial charge in [-0.1, -0.05) is 6.07 Å². The molecule has 0 aliphatic carbocycles. The number of hydrogen-bond acceptors (Lipinski definition) is 2. The Morgan fingerprint density at radius 1 is 1.36 bits per heavy atom. The lowest BCUT2D eigenvalue weighted by atomic mass is 9.82. The van der Waals surface area contributed by atoms with Crippen molar-refractivity contribution in [1.29, 1.82) is 0 Å². The van der Waals surface area contributed by atoms with E-state index in [0.29, 0.717) is 6.54 Å². The van der Waals surface area contributed by atoms with E-state index >= 15 is 0 Å². The third-order valence-electron chi connectivity index (χ3n) is 3.95. The number of nitrogens with one attached hydrogen (secondary N) is 2. The van der Waals surface area contributed by atoms with E-state index in [9.17, 15) is 18.0 Å². The molecule has 22 heavy (non-hydrogen) atoms. The summed E-state index contributed by atoms with van der Waals surface area (Å²) in [6, 6.07) is 3.87. The number of carbonyl (C=O) groups excluding carboxylic acids is 1. The normalized spacial score (nSPS) is 21.9. The van der Waals surface area contributed by atoms with E-state index in [-0.39, 0.29) is 29.6 Å². The highest BCUT2D eigenvalue weighted by atomic mass is 35.5. The summed E-state index contributed by atoms with van der Waals surface area (Å²) in [4.78, 5) is 12.3. The quantitative estimate of drug-likeness (QED) is 0.863. The Morgan fingerprint density at radius 2 is 2.05 bits per heavy atom. The molecule has 7 heteroatoms. The van der Waals surface area contributed by atoms with Crippen molar-refractivity contribution >= 4 is 24.0 Å². The molecule has 2 N–H and O–H groups in total. The first kappa shape index (κ1) is 18.8. The van der Waals surface area contributed by atoms with Gasteiger partial charge in [-0.3, -0.25) is 4.79 Å². The van der Waals surface area contributed by atoms with Crippen molar-refractivity contribution in [3.05, 3.63) is 29.3 Å². The van der Waals surface area contributed by atoms with Crippen LogP contribution in [-0.2, 0) is 11.0 Å². The number of rotatable bonds is 2. The van der Waals surface area contributed by atoms with E-state index in [0.717, 1.165) is 25.5 Å². The summed E-state index contributed by atoms with van der Waals surface area (Å²) in [5, 5.41) is 5.76. The van der Waals surface area contributed by atoms with Crippen LogP contribution in [0.1, 0.15) is 30.9 Å². The minimum absolute atomic E-state index is 0. The second-order valence-electron chi connectivity index (χ2n) is 5.82. The average Bonchev–Trinajstić information content (AvgIpc) is 2.40. The fourth-order valence-electron chi connectivity index (χ4n) is 2.54. The lowest BCUT2D eigenvalue weighted by Gasteiger charge is -2.32. The molecule has 1 unspecified atom stereocenters. The fraction of sp³-hybridized carbons (Fsp3) is 0.533. The predicted molar refractivity (Wildman–Crippen MR) is 82.3 cm³/mol. The largest absolute Gasteiger partial charge is 0.416 e. The Morgan fingerprint density at radius 3 is 2.59 bits per heavy atom. The monoisotopic (exact) mass is 336 g/mol. The molecular formula is C15H20ClF3N2O. The van der Waals surface area contributed by atoms with Crippen molar-refractivity contribution in [3.8, 4) is 0 Å². The predicted octanol–water partition coefficient (Wildman–Crippen LogP) is 3.76. The number of alkyl halides is 3. The molecule has 1 heterocycles. The number of anilines is 1. The number of amides is 1. The lowest BCUT2D eigenvalue weighted by molar-refractivity contribution is -0.138. The van der Waals surface area contributed by atoms with Crippen LogP contribution in [-0.4, -0.2) is 19.0 Å². The number of benzene rings is 1. The summed E-state index contributed by atoms with van der Waals surface area (Å²) in [5.41, 5.74) is -0.968. The number of carbonyl (C=O) groups is 1. The SMILES string of the molecule is Cc1ccc(NC(=O)C2(C)CCCNC2)cc1C(F)(F)F.Cl. The minimum atomic E-state index is -4.42. The molecule has 0 bridgehead atoms. The van der Waals surface area contributed by atoms with E-state index in [1.807, 2.05) is 6.92 Å². The van der Waals surface area contributed by atoms with Gasteiger partial charge in [-0.2, -0.15) is 13.2 Å². The maximum absolute atomic E-state index is 12.9. The van der Waals surface area contributed by atoms with Crippen LogP contribution in [0.2, 0.25) is 0 Å².